The molecule has 2 aromatic carbocycles. The SMILES string of the molecule is O=C1CCC(N2C(=O)c3ccc(NCC4CC(n5cc(-c6cnc7ccccc7n6)c(C6CC6)n5)C4)cc3C2=O)C(=O)N1. The molecule has 0 spiro atoms. The third-order valence-electron chi connectivity index (χ3n) is 9.07. The maximum Gasteiger partial charge on any atom is 0.262 e. The Morgan fingerprint density at radius 1 is 0.907 bits per heavy atom. The Morgan fingerprint density at radius 3 is 2.49 bits per heavy atom. The van der Waals surface area contributed by atoms with E-state index in [1.54, 1.807) is 18.2 Å². The van der Waals surface area contributed by atoms with Gasteiger partial charge in [0.25, 0.3) is 11.8 Å². The molecule has 1 unspecified atom stereocenters. The molecule has 0 bridgehead atoms. The predicted molar refractivity (Wildman–Crippen MR) is 156 cm³/mol. The zero-order chi connectivity index (χ0) is 29.2. The first-order chi connectivity index (χ1) is 20.9. The van der Waals surface area contributed by atoms with Crippen molar-refractivity contribution < 1.29 is 19.2 Å². The average Bonchev–Trinajstić information content (AvgIpc) is 3.70. The van der Waals surface area contributed by atoms with Gasteiger partial charge >= 0.3 is 0 Å². The minimum absolute atomic E-state index is 0.0955. The lowest BCUT2D eigenvalue weighted by Gasteiger charge is -2.35. The highest BCUT2D eigenvalue weighted by Gasteiger charge is 2.44. The number of benzene rings is 2. The second-order valence-corrected chi connectivity index (χ2v) is 12.0. The van der Waals surface area contributed by atoms with Crippen molar-refractivity contribution in [3.8, 4) is 11.3 Å². The summed E-state index contributed by atoms with van der Waals surface area (Å²) < 4.78 is 2.11. The minimum Gasteiger partial charge on any atom is -0.385 e. The van der Waals surface area contributed by atoms with Crippen molar-refractivity contribution in [1.82, 2.24) is 30.0 Å². The van der Waals surface area contributed by atoms with Gasteiger partial charge in [0.2, 0.25) is 11.8 Å². The van der Waals surface area contributed by atoms with Crippen molar-refractivity contribution in [3.63, 3.8) is 0 Å². The van der Waals surface area contributed by atoms with E-state index in [2.05, 4.69) is 26.5 Å². The van der Waals surface area contributed by atoms with Crippen molar-refractivity contribution in [2.24, 2.45) is 5.92 Å². The zero-order valence-corrected chi connectivity index (χ0v) is 23.3. The first-order valence-corrected chi connectivity index (χ1v) is 14.8. The van der Waals surface area contributed by atoms with E-state index in [1.807, 2.05) is 30.5 Å². The summed E-state index contributed by atoms with van der Waals surface area (Å²) in [7, 11) is 0. The van der Waals surface area contributed by atoms with Crippen LogP contribution in [0.5, 0.6) is 0 Å². The molecule has 2 aliphatic carbocycles. The van der Waals surface area contributed by atoms with Gasteiger partial charge in [-0.2, -0.15) is 5.10 Å². The molecule has 4 amide bonds. The average molecular weight is 576 g/mol. The van der Waals surface area contributed by atoms with Crippen LogP contribution in [-0.4, -0.2) is 60.9 Å². The highest BCUT2D eigenvalue weighted by Crippen LogP contribution is 2.45. The molecule has 0 radical (unpaired) electrons. The zero-order valence-electron chi connectivity index (χ0n) is 23.3. The summed E-state index contributed by atoms with van der Waals surface area (Å²) in [4.78, 5) is 60.4. The number of piperidine rings is 1. The predicted octanol–water partition coefficient (Wildman–Crippen LogP) is 3.84. The van der Waals surface area contributed by atoms with Gasteiger partial charge in [0, 0.05) is 36.3 Å². The fourth-order valence-corrected chi connectivity index (χ4v) is 6.46. The normalized spacial score (nSPS) is 23.3. The van der Waals surface area contributed by atoms with Gasteiger partial charge in [0.05, 0.1) is 45.8 Å². The number of hydrogen-bond donors (Lipinski definition) is 2. The number of aromatic nitrogens is 4. The molecule has 1 atom stereocenters. The van der Waals surface area contributed by atoms with E-state index in [-0.39, 0.29) is 24.0 Å². The van der Waals surface area contributed by atoms with Gasteiger partial charge in [-0.15, -0.1) is 0 Å². The van der Waals surface area contributed by atoms with E-state index < -0.39 is 29.7 Å². The smallest absolute Gasteiger partial charge is 0.262 e. The van der Waals surface area contributed by atoms with Gasteiger partial charge in [-0.05, 0) is 68.4 Å². The molecule has 4 aromatic rings. The van der Waals surface area contributed by atoms with Crippen LogP contribution in [0, 0.1) is 5.92 Å². The molecule has 4 heterocycles. The van der Waals surface area contributed by atoms with Gasteiger partial charge in [-0.1, -0.05) is 12.1 Å². The maximum absolute atomic E-state index is 13.1. The molecular weight excluding hydrogens is 546 g/mol. The quantitative estimate of drug-likeness (QED) is 0.317. The summed E-state index contributed by atoms with van der Waals surface area (Å²) >= 11 is 0. The molecule has 2 N–H and O–H groups in total. The van der Waals surface area contributed by atoms with Crippen molar-refractivity contribution in [1.29, 1.82) is 0 Å². The molecule has 11 nitrogen and oxygen atoms in total. The monoisotopic (exact) mass is 575 g/mol. The number of fused-ring (bicyclic) bond motifs is 2. The maximum atomic E-state index is 13.1. The number of anilines is 1. The highest BCUT2D eigenvalue weighted by molar-refractivity contribution is 6.23. The number of imide groups is 2. The molecule has 2 aliphatic heterocycles. The van der Waals surface area contributed by atoms with Crippen LogP contribution in [0.4, 0.5) is 5.69 Å². The molecule has 1 saturated heterocycles. The number of nitrogens with zero attached hydrogens (tertiary/aromatic N) is 5. The van der Waals surface area contributed by atoms with Crippen LogP contribution < -0.4 is 10.6 Å². The van der Waals surface area contributed by atoms with Crippen LogP contribution in [0.2, 0.25) is 0 Å². The van der Waals surface area contributed by atoms with E-state index >= 15 is 0 Å². The third kappa shape index (κ3) is 4.46. The molecule has 43 heavy (non-hydrogen) atoms. The Hall–Kier alpha value is -4.93. The largest absolute Gasteiger partial charge is 0.385 e. The summed E-state index contributed by atoms with van der Waals surface area (Å²) in [5.41, 5.74) is 6.13. The third-order valence-corrected chi connectivity index (χ3v) is 9.07. The second kappa shape index (κ2) is 9.82. The summed E-state index contributed by atoms with van der Waals surface area (Å²) in [6.45, 7) is 0.730. The van der Waals surface area contributed by atoms with Crippen LogP contribution >= 0.6 is 0 Å². The summed E-state index contributed by atoms with van der Waals surface area (Å²) in [6, 6.07) is 12.4. The van der Waals surface area contributed by atoms with Gasteiger partial charge in [-0.25, -0.2) is 4.98 Å². The fraction of sp³-hybridized carbons (Fsp3) is 0.344. The number of hydrogen-bond acceptors (Lipinski definition) is 8. The Morgan fingerprint density at radius 2 is 1.70 bits per heavy atom. The summed E-state index contributed by atoms with van der Waals surface area (Å²) in [5.74, 6) is -1.07. The Balaban J connectivity index is 0.923. The molecule has 8 rings (SSSR count). The fourth-order valence-electron chi connectivity index (χ4n) is 6.46. The Kier molecular flexibility index (Phi) is 5.88. The molecule has 3 fully saturated rings. The van der Waals surface area contributed by atoms with E-state index in [9.17, 15) is 19.2 Å². The molecular formula is C32H29N7O4. The number of carbonyl (C=O) groups excluding carboxylic acids is 4. The van der Waals surface area contributed by atoms with E-state index in [0.29, 0.717) is 17.9 Å². The molecule has 4 aliphatic rings. The van der Waals surface area contributed by atoms with Crippen LogP contribution in [0.25, 0.3) is 22.3 Å². The molecule has 216 valence electrons. The van der Waals surface area contributed by atoms with Crippen LogP contribution in [0.3, 0.4) is 0 Å². The van der Waals surface area contributed by atoms with Crippen LogP contribution in [-0.2, 0) is 9.59 Å². The van der Waals surface area contributed by atoms with Crippen LogP contribution in [0.15, 0.2) is 54.9 Å². The molecule has 11 heteroatoms. The number of amides is 4. The van der Waals surface area contributed by atoms with Gasteiger partial charge in [0.15, 0.2) is 0 Å². The minimum atomic E-state index is -0.968. The standard InChI is InChI=1S/C32H29N7O4/c40-28-10-9-27(30(41)36-28)39-31(42)21-8-7-19(13-22(21)32(39)43)33-14-17-11-20(12-17)38-16-23(29(37-38)18-5-6-18)26-15-34-24-3-1-2-4-25(24)35-26/h1-4,7-8,13,15-18,20,27,33H,5-6,9-12,14H2,(H,36,40,41). The Labute approximate surface area is 246 Å². The number of rotatable bonds is 7. The topological polar surface area (TPSA) is 139 Å². The second-order valence-electron chi connectivity index (χ2n) is 12.0. The van der Waals surface area contributed by atoms with Gasteiger partial charge < -0.3 is 5.32 Å². The number of carbonyl (C=O) groups is 4. The van der Waals surface area contributed by atoms with Gasteiger partial charge in [0.1, 0.15) is 6.04 Å². The first kappa shape index (κ1) is 25.8. The Bertz CT molecular complexity index is 1840. The summed E-state index contributed by atoms with van der Waals surface area (Å²) in [5, 5.41) is 10.7. The lowest BCUT2D eigenvalue weighted by Crippen LogP contribution is -2.54. The van der Waals surface area contributed by atoms with Crippen molar-refractivity contribution in [2.45, 2.75) is 56.5 Å². The van der Waals surface area contributed by atoms with Crippen molar-refractivity contribution in [2.75, 3.05) is 11.9 Å². The van der Waals surface area contributed by atoms with E-state index in [0.717, 1.165) is 70.8 Å². The number of nitrogens with one attached hydrogen (secondary N) is 2. The first-order valence-electron chi connectivity index (χ1n) is 14.8. The molecule has 2 saturated carbocycles. The lowest BCUT2D eigenvalue weighted by atomic mass is 9.80. The van der Waals surface area contributed by atoms with E-state index in [4.69, 9.17) is 10.1 Å². The van der Waals surface area contributed by atoms with Crippen molar-refractivity contribution in [3.05, 3.63) is 71.7 Å². The van der Waals surface area contributed by atoms with Crippen molar-refractivity contribution >= 4 is 40.3 Å². The highest BCUT2D eigenvalue weighted by atomic mass is 16.2. The molecule has 2 aromatic heterocycles. The summed E-state index contributed by atoms with van der Waals surface area (Å²) in [6.07, 6.45) is 8.49. The number of para-hydroxylation sites is 2. The lowest BCUT2D eigenvalue weighted by molar-refractivity contribution is -0.136. The van der Waals surface area contributed by atoms with E-state index in [1.165, 1.54) is 0 Å². The van der Waals surface area contributed by atoms with Crippen LogP contribution in [0.1, 0.15) is 76.9 Å². The van der Waals surface area contributed by atoms with Gasteiger partial charge in [-0.3, -0.25) is 39.1 Å².